The maximum atomic E-state index is 11.1. The Morgan fingerprint density at radius 3 is 2.40 bits per heavy atom. The summed E-state index contributed by atoms with van der Waals surface area (Å²) in [5.41, 5.74) is 0. The van der Waals surface area contributed by atoms with Crippen LogP contribution in [0.25, 0.3) is 0 Å². The fourth-order valence-electron chi connectivity index (χ4n) is 1.79. The predicted molar refractivity (Wildman–Crippen MR) is 83.6 cm³/mol. The molecule has 2 rings (SSSR count). The van der Waals surface area contributed by atoms with Crippen molar-refractivity contribution in [1.82, 2.24) is 4.90 Å². The van der Waals surface area contributed by atoms with Gasteiger partial charge in [0.1, 0.15) is 5.75 Å². The van der Waals surface area contributed by atoms with Crippen molar-refractivity contribution in [2.45, 2.75) is 19.8 Å². The van der Waals surface area contributed by atoms with Crippen LogP contribution in [0.5, 0.6) is 5.75 Å². The number of methoxy groups -OCH3 is 1. The van der Waals surface area contributed by atoms with Gasteiger partial charge in [-0.3, -0.25) is 4.79 Å². The van der Waals surface area contributed by atoms with E-state index in [0.717, 1.165) is 18.8 Å². The van der Waals surface area contributed by atoms with Crippen LogP contribution < -0.4 is 4.74 Å². The highest BCUT2D eigenvalue weighted by Crippen LogP contribution is 2.25. The SMILES string of the molecule is C/C=C\C(=O)N1CCCC1.COc1ccc(Cl)c(Cl)c1. The van der Waals surface area contributed by atoms with Gasteiger partial charge in [0.15, 0.2) is 0 Å². The molecule has 0 atom stereocenters. The lowest BCUT2D eigenvalue weighted by Crippen LogP contribution is -2.25. The second-order valence-corrected chi connectivity index (χ2v) is 5.13. The lowest BCUT2D eigenvalue weighted by atomic mass is 10.3. The first-order chi connectivity index (χ1) is 9.58. The van der Waals surface area contributed by atoms with Crippen LogP contribution in [-0.4, -0.2) is 31.0 Å². The van der Waals surface area contributed by atoms with Gasteiger partial charge in [-0.05, 0) is 38.0 Å². The van der Waals surface area contributed by atoms with Crippen LogP contribution in [0.1, 0.15) is 19.8 Å². The number of likely N-dealkylation sites (tertiary alicyclic amines) is 1. The topological polar surface area (TPSA) is 29.5 Å². The molecule has 20 heavy (non-hydrogen) atoms. The van der Waals surface area contributed by atoms with E-state index in [1.807, 2.05) is 11.8 Å². The lowest BCUT2D eigenvalue weighted by Gasteiger charge is -2.11. The molecule has 1 aliphatic heterocycles. The second-order valence-electron chi connectivity index (χ2n) is 4.31. The molecule has 1 aromatic carbocycles. The zero-order valence-corrected chi connectivity index (χ0v) is 13.2. The normalized spacial score (nSPS) is 14.1. The van der Waals surface area contributed by atoms with Crippen molar-refractivity contribution >= 4 is 29.1 Å². The molecule has 1 aromatic rings. The van der Waals surface area contributed by atoms with Crippen molar-refractivity contribution in [2.24, 2.45) is 0 Å². The summed E-state index contributed by atoms with van der Waals surface area (Å²) in [7, 11) is 1.58. The fraction of sp³-hybridized carbons (Fsp3) is 0.400. The summed E-state index contributed by atoms with van der Waals surface area (Å²) in [6.07, 6.45) is 5.76. The highest BCUT2D eigenvalue weighted by molar-refractivity contribution is 6.42. The fourth-order valence-corrected chi connectivity index (χ4v) is 2.08. The highest BCUT2D eigenvalue weighted by Gasteiger charge is 2.14. The standard InChI is InChI=1S/C8H13NO.C7H6Cl2O/c1-2-5-8(10)9-6-3-4-7-9;1-10-5-2-3-6(8)7(9)4-5/h2,5H,3-4,6-7H2,1H3;2-4H,1H3/b5-2-;. The van der Waals surface area contributed by atoms with E-state index in [9.17, 15) is 4.79 Å². The Balaban J connectivity index is 0.000000200. The maximum absolute atomic E-state index is 11.1. The molecular weight excluding hydrogens is 297 g/mol. The molecule has 1 fully saturated rings. The van der Waals surface area contributed by atoms with Crippen LogP contribution in [-0.2, 0) is 4.79 Å². The largest absolute Gasteiger partial charge is 0.497 e. The van der Waals surface area contributed by atoms with Gasteiger partial charge in [-0.15, -0.1) is 0 Å². The molecule has 0 aliphatic carbocycles. The van der Waals surface area contributed by atoms with Crippen molar-refractivity contribution in [1.29, 1.82) is 0 Å². The summed E-state index contributed by atoms with van der Waals surface area (Å²) >= 11 is 11.3. The Morgan fingerprint density at radius 2 is 1.90 bits per heavy atom. The zero-order valence-electron chi connectivity index (χ0n) is 11.7. The maximum Gasteiger partial charge on any atom is 0.246 e. The number of rotatable bonds is 2. The van der Waals surface area contributed by atoms with Crippen molar-refractivity contribution in [3.63, 3.8) is 0 Å². The number of carbonyl (C=O) groups excluding carboxylic acids is 1. The molecule has 5 heteroatoms. The Morgan fingerprint density at radius 1 is 1.25 bits per heavy atom. The summed E-state index contributed by atoms with van der Waals surface area (Å²) in [6.45, 7) is 3.76. The minimum Gasteiger partial charge on any atom is -0.497 e. The summed E-state index contributed by atoms with van der Waals surface area (Å²) in [5.74, 6) is 0.884. The second kappa shape index (κ2) is 8.88. The van der Waals surface area contributed by atoms with Crippen LogP contribution >= 0.6 is 23.2 Å². The van der Waals surface area contributed by atoms with Gasteiger partial charge in [0.2, 0.25) is 5.91 Å². The highest BCUT2D eigenvalue weighted by atomic mass is 35.5. The molecule has 0 saturated carbocycles. The first kappa shape index (κ1) is 16.9. The smallest absolute Gasteiger partial charge is 0.246 e. The number of hydrogen-bond acceptors (Lipinski definition) is 2. The van der Waals surface area contributed by atoms with Crippen molar-refractivity contribution in [3.8, 4) is 5.75 Å². The van der Waals surface area contributed by atoms with Crippen LogP contribution in [0.2, 0.25) is 10.0 Å². The predicted octanol–water partition coefficient (Wildman–Crippen LogP) is 4.19. The van der Waals surface area contributed by atoms with Gasteiger partial charge in [0.05, 0.1) is 17.2 Å². The number of carbonyl (C=O) groups is 1. The number of allylic oxidation sites excluding steroid dienone is 1. The minimum absolute atomic E-state index is 0.167. The van der Waals surface area contributed by atoms with Crippen molar-refractivity contribution in [2.75, 3.05) is 20.2 Å². The number of halogens is 2. The first-order valence-electron chi connectivity index (χ1n) is 6.49. The van der Waals surface area contributed by atoms with Crippen molar-refractivity contribution in [3.05, 3.63) is 40.4 Å². The van der Waals surface area contributed by atoms with Gasteiger partial charge in [0, 0.05) is 19.2 Å². The van der Waals surface area contributed by atoms with E-state index in [0.29, 0.717) is 10.0 Å². The quantitative estimate of drug-likeness (QED) is 0.766. The summed E-state index contributed by atoms with van der Waals surface area (Å²) in [4.78, 5) is 13.0. The number of benzene rings is 1. The minimum atomic E-state index is 0.167. The summed E-state index contributed by atoms with van der Waals surface area (Å²) in [5, 5.41) is 1.06. The Bertz CT molecular complexity index is 469. The molecule has 3 nitrogen and oxygen atoms in total. The number of ether oxygens (including phenoxy) is 1. The molecule has 0 N–H and O–H groups in total. The molecule has 1 aliphatic rings. The number of nitrogens with zero attached hydrogens (tertiary/aromatic N) is 1. The van der Waals surface area contributed by atoms with Crippen LogP contribution in [0.3, 0.4) is 0 Å². The number of amides is 1. The van der Waals surface area contributed by atoms with Gasteiger partial charge in [-0.25, -0.2) is 0 Å². The van der Waals surface area contributed by atoms with E-state index < -0.39 is 0 Å². The molecule has 0 bridgehead atoms. The lowest BCUT2D eigenvalue weighted by molar-refractivity contribution is -0.125. The third kappa shape index (κ3) is 5.43. The van der Waals surface area contributed by atoms with E-state index in [4.69, 9.17) is 27.9 Å². The van der Waals surface area contributed by atoms with Gasteiger partial charge in [0.25, 0.3) is 0 Å². The molecule has 0 radical (unpaired) electrons. The molecule has 110 valence electrons. The van der Waals surface area contributed by atoms with Crippen LogP contribution in [0, 0.1) is 0 Å². The molecule has 1 saturated heterocycles. The zero-order chi connectivity index (χ0) is 15.0. The monoisotopic (exact) mass is 315 g/mol. The van der Waals surface area contributed by atoms with Gasteiger partial charge >= 0.3 is 0 Å². The van der Waals surface area contributed by atoms with Gasteiger partial charge in [-0.1, -0.05) is 29.3 Å². The average Bonchev–Trinajstić information content (AvgIpc) is 2.97. The van der Waals surface area contributed by atoms with Crippen molar-refractivity contribution < 1.29 is 9.53 Å². The third-order valence-electron chi connectivity index (χ3n) is 2.85. The first-order valence-corrected chi connectivity index (χ1v) is 7.24. The molecule has 1 heterocycles. The van der Waals surface area contributed by atoms with E-state index in [1.54, 1.807) is 37.5 Å². The molecule has 0 spiro atoms. The molecule has 0 aromatic heterocycles. The Labute approximate surface area is 130 Å². The molecular formula is C15H19Cl2NO2. The molecule has 1 amide bonds. The van der Waals surface area contributed by atoms with Crippen LogP contribution in [0.15, 0.2) is 30.4 Å². The number of hydrogen-bond donors (Lipinski definition) is 0. The summed E-state index contributed by atoms with van der Waals surface area (Å²) < 4.78 is 4.91. The Kier molecular flexibility index (Phi) is 7.48. The van der Waals surface area contributed by atoms with Crippen LogP contribution in [0.4, 0.5) is 0 Å². The van der Waals surface area contributed by atoms with E-state index in [1.165, 1.54) is 12.8 Å². The van der Waals surface area contributed by atoms with E-state index in [-0.39, 0.29) is 5.91 Å². The van der Waals surface area contributed by atoms with E-state index >= 15 is 0 Å². The third-order valence-corrected chi connectivity index (χ3v) is 3.59. The molecule has 0 unspecified atom stereocenters. The van der Waals surface area contributed by atoms with Gasteiger partial charge < -0.3 is 9.64 Å². The Hall–Kier alpha value is -1.19. The average molecular weight is 316 g/mol. The summed E-state index contributed by atoms with van der Waals surface area (Å²) in [6, 6.07) is 5.13. The van der Waals surface area contributed by atoms with Gasteiger partial charge in [-0.2, -0.15) is 0 Å². The van der Waals surface area contributed by atoms with E-state index in [2.05, 4.69) is 0 Å².